The third kappa shape index (κ3) is 1.61. The maximum Gasteiger partial charge on any atom is 0.169 e. The molecule has 5 aliphatic rings. The van der Waals surface area contributed by atoms with Gasteiger partial charge in [0.15, 0.2) is 17.6 Å². The van der Waals surface area contributed by atoms with Crippen LogP contribution in [0.5, 0.6) is 11.5 Å². The molecular formula is C21H21NO3. The van der Waals surface area contributed by atoms with E-state index in [-0.39, 0.29) is 17.3 Å². The van der Waals surface area contributed by atoms with E-state index in [1.807, 2.05) is 0 Å². The zero-order valence-corrected chi connectivity index (χ0v) is 14.2. The molecule has 1 aromatic rings. The fraction of sp³-hybridized carbons (Fsp3) is 0.429. The number of methoxy groups -OCH3 is 1. The van der Waals surface area contributed by atoms with Crippen molar-refractivity contribution in [1.29, 1.82) is 0 Å². The number of allylic oxidation sites excluding steroid dienone is 2. The number of benzene rings is 1. The first-order valence-electron chi connectivity index (χ1n) is 9.13. The summed E-state index contributed by atoms with van der Waals surface area (Å²) in [4.78, 5) is 2.64. The molecule has 1 fully saturated rings. The molecule has 0 saturated carbocycles. The van der Waals surface area contributed by atoms with Gasteiger partial charge in [0.25, 0.3) is 0 Å². The van der Waals surface area contributed by atoms with Crippen molar-refractivity contribution in [2.75, 3.05) is 20.2 Å². The Morgan fingerprint density at radius 2 is 2.20 bits per heavy atom. The van der Waals surface area contributed by atoms with Crippen LogP contribution in [0.3, 0.4) is 0 Å². The number of phenols is 1. The van der Waals surface area contributed by atoms with Gasteiger partial charge in [-0.15, -0.1) is 0 Å². The fourth-order valence-corrected chi connectivity index (χ4v) is 5.54. The molecule has 1 aromatic carbocycles. The minimum Gasteiger partial charge on any atom is -0.504 e. The predicted molar refractivity (Wildman–Crippen MR) is 93.7 cm³/mol. The quantitative estimate of drug-likeness (QED) is 0.863. The highest BCUT2D eigenvalue weighted by molar-refractivity contribution is 5.67. The van der Waals surface area contributed by atoms with E-state index in [9.17, 15) is 5.11 Å². The molecule has 4 nitrogen and oxygen atoms in total. The van der Waals surface area contributed by atoms with Gasteiger partial charge >= 0.3 is 0 Å². The van der Waals surface area contributed by atoms with E-state index in [1.54, 1.807) is 13.2 Å². The van der Waals surface area contributed by atoms with E-state index < -0.39 is 0 Å². The number of ether oxygens (including phenoxy) is 2. The molecule has 3 atom stereocenters. The summed E-state index contributed by atoms with van der Waals surface area (Å²) >= 11 is 0. The molecule has 25 heavy (non-hydrogen) atoms. The van der Waals surface area contributed by atoms with E-state index in [0.29, 0.717) is 17.7 Å². The number of hydrogen-bond donors (Lipinski definition) is 1. The van der Waals surface area contributed by atoms with Crippen molar-refractivity contribution < 1.29 is 14.6 Å². The van der Waals surface area contributed by atoms with Gasteiger partial charge in [0, 0.05) is 30.6 Å². The lowest BCUT2D eigenvalue weighted by molar-refractivity contribution is 0.0633. The Bertz CT molecular complexity index is 877. The van der Waals surface area contributed by atoms with Crippen LogP contribution in [0.1, 0.15) is 17.5 Å². The van der Waals surface area contributed by atoms with Gasteiger partial charge in [0.1, 0.15) is 5.76 Å². The highest BCUT2D eigenvalue weighted by atomic mass is 16.5. The molecule has 1 N–H and O–H groups in total. The van der Waals surface area contributed by atoms with Crippen LogP contribution in [0.25, 0.3) is 0 Å². The second kappa shape index (κ2) is 4.50. The molecule has 128 valence electrons. The summed E-state index contributed by atoms with van der Waals surface area (Å²) in [6, 6.07) is 4.30. The lowest BCUT2D eigenvalue weighted by Gasteiger charge is -2.53. The number of piperidine rings is 1. The van der Waals surface area contributed by atoms with Crippen molar-refractivity contribution in [2.24, 2.45) is 5.92 Å². The second-order valence-electron chi connectivity index (χ2n) is 7.83. The Morgan fingerprint density at radius 3 is 3.00 bits per heavy atom. The van der Waals surface area contributed by atoms with Crippen molar-refractivity contribution in [2.45, 2.75) is 30.4 Å². The van der Waals surface area contributed by atoms with Gasteiger partial charge in [0.2, 0.25) is 0 Å². The lowest BCUT2D eigenvalue weighted by Crippen LogP contribution is -2.59. The van der Waals surface area contributed by atoms with Crippen LogP contribution in [0.2, 0.25) is 0 Å². The van der Waals surface area contributed by atoms with Gasteiger partial charge in [-0.2, -0.15) is 0 Å². The lowest BCUT2D eigenvalue weighted by atomic mass is 9.57. The molecule has 6 rings (SSSR count). The molecule has 2 bridgehead atoms. The molecule has 2 aliphatic heterocycles. The Kier molecular flexibility index (Phi) is 2.52. The van der Waals surface area contributed by atoms with Gasteiger partial charge in [0.05, 0.1) is 12.5 Å². The topological polar surface area (TPSA) is 41.9 Å². The summed E-state index contributed by atoms with van der Waals surface area (Å²) in [6.07, 6.45) is 10.8. The number of nitrogens with zero attached hydrogens (tertiary/aromatic N) is 1. The number of hydrogen-bond acceptors (Lipinski definition) is 4. The van der Waals surface area contributed by atoms with Crippen LogP contribution in [0, 0.1) is 5.92 Å². The van der Waals surface area contributed by atoms with Crippen LogP contribution >= 0.6 is 0 Å². The molecular weight excluding hydrogens is 314 g/mol. The number of aromatic hydroxyl groups is 1. The number of likely N-dealkylation sites (tertiary alicyclic amines) is 1. The van der Waals surface area contributed by atoms with Crippen molar-refractivity contribution in [3.05, 3.63) is 58.9 Å². The standard InChI is InChI=1S/C21H21NO3/c1-24-17-7-5-14-15-10-13-4-6-16(23)19-18(13)21(14,20(17)25-19)8-9-22(15)11-12-2-3-12/h2-7,12,15,20,23H,8-11H2,1H3/t15?,20-,21-/m0/s1. The van der Waals surface area contributed by atoms with Crippen molar-refractivity contribution in [3.8, 4) is 11.5 Å². The summed E-state index contributed by atoms with van der Waals surface area (Å²) in [5.74, 6) is 2.44. The predicted octanol–water partition coefficient (Wildman–Crippen LogP) is 2.68. The average Bonchev–Trinajstić information content (AvgIpc) is 3.37. The van der Waals surface area contributed by atoms with Gasteiger partial charge in [-0.3, -0.25) is 4.90 Å². The molecule has 1 unspecified atom stereocenters. The maximum atomic E-state index is 10.4. The third-order valence-electron chi connectivity index (χ3n) is 6.71. The molecule has 2 heterocycles. The SMILES string of the molecule is COC1=CC=C2C3Cc4ccc(O)c5c4[C@@]2(CCN3CC2C=C2)[C@H]1O5. The smallest absolute Gasteiger partial charge is 0.169 e. The monoisotopic (exact) mass is 335 g/mol. The van der Waals surface area contributed by atoms with E-state index in [0.717, 1.165) is 31.7 Å². The van der Waals surface area contributed by atoms with Crippen LogP contribution in [-0.4, -0.2) is 42.4 Å². The minimum atomic E-state index is -0.167. The summed E-state index contributed by atoms with van der Waals surface area (Å²) in [5.41, 5.74) is 3.82. The average molecular weight is 335 g/mol. The number of phenolic OH excluding ortho intramolecular Hbond substituents is 1. The molecule has 4 heteroatoms. The zero-order valence-electron chi connectivity index (χ0n) is 14.2. The molecule has 0 amide bonds. The normalized spacial score (nSPS) is 34.1. The van der Waals surface area contributed by atoms with Gasteiger partial charge < -0.3 is 14.6 Å². The Hall–Kier alpha value is -2.20. The van der Waals surface area contributed by atoms with Crippen LogP contribution in [0.4, 0.5) is 0 Å². The number of rotatable bonds is 3. The van der Waals surface area contributed by atoms with E-state index in [1.165, 1.54) is 16.7 Å². The van der Waals surface area contributed by atoms with Crippen molar-refractivity contribution in [3.63, 3.8) is 0 Å². The van der Waals surface area contributed by atoms with Gasteiger partial charge in [-0.25, -0.2) is 0 Å². The first-order chi connectivity index (χ1) is 12.2. The van der Waals surface area contributed by atoms with Crippen LogP contribution in [0.15, 0.2) is 47.8 Å². The molecule has 0 radical (unpaired) electrons. The highest BCUT2D eigenvalue weighted by Gasteiger charge is 2.62. The minimum absolute atomic E-state index is 0.149. The third-order valence-corrected chi connectivity index (χ3v) is 6.71. The zero-order chi connectivity index (χ0) is 16.8. The molecule has 1 saturated heterocycles. The fourth-order valence-electron chi connectivity index (χ4n) is 5.54. The summed E-state index contributed by atoms with van der Waals surface area (Å²) in [7, 11) is 1.71. The summed E-state index contributed by atoms with van der Waals surface area (Å²) in [6.45, 7) is 2.18. The van der Waals surface area contributed by atoms with Gasteiger partial charge in [-0.1, -0.05) is 24.3 Å². The van der Waals surface area contributed by atoms with Crippen LogP contribution in [-0.2, 0) is 16.6 Å². The molecule has 0 aromatic heterocycles. The first kappa shape index (κ1) is 14.0. The van der Waals surface area contributed by atoms with Gasteiger partial charge in [-0.05, 0) is 36.1 Å². The maximum absolute atomic E-state index is 10.4. The molecule has 3 aliphatic carbocycles. The van der Waals surface area contributed by atoms with Crippen molar-refractivity contribution in [1.82, 2.24) is 4.90 Å². The van der Waals surface area contributed by atoms with Crippen LogP contribution < -0.4 is 4.74 Å². The molecule has 1 spiro atoms. The summed E-state index contributed by atoms with van der Waals surface area (Å²) in [5, 5.41) is 10.4. The summed E-state index contributed by atoms with van der Waals surface area (Å²) < 4.78 is 12.0. The second-order valence-corrected chi connectivity index (χ2v) is 7.83. The van der Waals surface area contributed by atoms with E-state index in [2.05, 4.69) is 35.3 Å². The van der Waals surface area contributed by atoms with E-state index >= 15 is 0 Å². The Balaban J connectivity index is 1.57. The highest BCUT2D eigenvalue weighted by Crippen LogP contribution is 2.62. The van der Waals surface area contributed by atoms with Crippen molar-refractivity contribution >= 4 is 0 Å². The largest absolute Gasteiger partial charge is 0.504 e. The Morgan fingerprint density at radius 1 is 1.32 bits per heavy atom. The van der Waals surface area contributed by atoms with E-state index in [4.69, 9.17) is 9.47 Å². The first-order valence-corrected chi connectivity index (χ1v) is 9.13. The Labute approximate surface area is 147 Å².